The molecule has 7 atom stereocenters. The molecule has 0 unspecified atom stereocenters. The van der Waals surface area contributed by atoms with Crippen LogP contribution in [-0.4, -0.2) is 51.7 Å². The van der Waals surface area contributed by atoms with E-state index < -0.39 is 35.4 Å². The first-order valence-electron chi connectivity index (χ1n) is 18.7. The quantitative estimate of drug-likeness (QED) is 0.154. The Morgan fingerprint density at radius 2 is 1.78 bits per heavy atom. The van der Waals surface area contributed by atoms with E-state index in [0.717, 1.165) is 67.2 Å². The molecule has 1 aromatic heterocycles. The van der Waals surface area contributed by atoms with Crippen molar-refractivity contribution in [2.24, 2.45) is 29.6 Å². The van der Waals surface area contributed by atoms with Crippen LogP contribution < -0.4 is 10.5 Å². The molecule has 3 aromatic rings. The number of aromatic hydroxyl groups is 1. The van der Waals surface area contributed by atoms with Crippen molar-refractivity contribution >= 4 is 17.4 Å². The van der Waals surface area contributed by atoms with Gasteiger partial charge in [0.1, 0.15) is 5.82 Å². The second-order valence-corrected chi connectivity index (χ2v) is 15.1. The number of nitrogens with two attached hydrogens (primary N) is 1. The normalized spacial score (nSPS) is 27.1. The number of anilines is 1. The van der Waals surface area contributed by atoms with E-state index in [9.17, 15) is 24.9 Å². The number of aryl methyl sites for hydroxylation is 1. The van der Waals surface area contributed by atoms with E-state index in [0.29, 0.717) is 18.7 Å². The highest BCUT2D eigenvalue weighted by molar-refractivity contribution is 6.06. The number of Topliss-reactive ketones (excluding diaryl/α,β-unsaturated/α-hetero) is 2. The number of rotatable bonds is 8. The van der Waals surface area contributed by atoms with Crippen LogP contribution >= 0.6 is 0 Å². The minimum Gasteiger partial charge on any atom is -0.504 e. The SMILES string of the molecule is CCC[C@H](CO)[C@@H]1C[C@@H](C2(c3ccnc(N)c3)CCCC2)C[C@H]2C#C[C@H](c3ccccc3)c3cc(O)c(OC)cc3CCC(=O)[C@H](O)C(=O)[C@H]2C1. The average molecular weight is 693 g/mol. The van der Waals surface area contributed by atoms with Gasteiger partial charge in [0.05, 0.1) is 13.0 Å². The molecule has 8 heteroatoms. The third-order valence-electron chi connectivity index (χ3n) is 12.2. The highest BCUT2D eigenvalue weighted by Crippen LogP contribution is 2.54. The summed E-state index contributed by atoms with van der Waals surface area (Å²) in [5.41, 5.74) is 9.71. The summed E-state index contributed by atoms with van der Waals surface area (Å²) in [5.74, 6) is 5.50. The fourth-order valence-corrected chi connectivity index (χ4v) is 9.58. The minimum absolute atomic E-state index is 0.00243. The van der Waals surface area contributed by atoms with Crippen LogP contribution in [0.15, 0.2) is 60.8 Å². The number of ketones is 2. The largest absolute Gasteiger partial charge is 0.504 e. The van der Waals surface area contributed by atoms with Crippen molar-refractivity contribution < 1.29 is 29.6 Å². The molecule has 5 N–H and O–H groups in total. The molecule has 0 amide bonds. The Bertz CT molecular complexity index is 1760. The van der Waals surface area contributed by atoms with Crippen molar-refractivity contribution in [2.75, 3.05) is 19.5 Å². The number of aliphatic hydroxyl groups is 2. The average Bonchev–Trinajstić information content (AvgIpc) is 3.57. The van der Waals surface area contributed by atoms with Crippen LogP contribution in [0.4, 0.5) is 5.82 Å². The number of aliphatic hydroxyl groups excluding tert-OH is 2. The van der Waals surface area contributed by atoms with Crippen LogP contribution in [0.3, 0.4) is 0 Å². The lowest BCUT2D eigenvalue weighted by Crippen LogP contribution is -2.39. The molecule has 0 saturated heterocycles. The van der Waals surface area contributed by atoms with Crippen LogP contribution in [0.25, 0.3) is 0 Å². The van der Waals surface area contributed by atoms with Gasteiger partial charge in [-0.25, -0.2) is 4.98 Å². The molecular weight excluding hydrogens is 640 g/mol. The van der Waals surface area contributed by atoms with E-state index >= 15 is 0 Å². The van der Waals surface area contributed by atoms with Crippen LogP contribution in [0.1, 0.15) is 99.3 Å². The number of fused-ring (bicyclic) bond motifs is 2. The number of pyridine rings is 1. The van der Waals surface area contributed by atoms with Gasteiger partial charge >= 0.3 is 0 Å². The molecule has 2 saturated carbocycles. The smallest absolute Gasteiger partial charge is 0.173 e. The van der Waals surface area contributed by atoms with E-state index in [2.05, 4.69) is 29.8 Å². The maximum absolute atomic E-state index is 14.5. The van der Waals surface area contributed by atoms with Crippen LogP contribution in [0, 0.1) is 41.4 Å². The Kier molecular flexibility index (Phi) is 11.5. The summed E-state index contributed by atoms with van der Waals surface area (Å²) >= 11 is 0. The molecule has 8 nitrogen and oxygen atoms in total. The van der Waals surface area contributed by atoms with Crippen molar-refractivity contribution in [3.63, 3.8) is 0 Å². The zero-order valence-corrected chi connectivity index (χ0v) is 29.9. The number of benzene rings is 2. The highest BCUT2D eigenvalue weighted by atomic mass is 16.5. The fourth-order valence-electron chi connectivity index (χ4n) is 9.58. The predicted molar refractivity (Wildman–Crippen MR) is 197 cm³/mol. The van der Waals surface area contributed by atoms with Gasteiger partial charge in [0, 0.05) is 31.1 Å². The topological polar surface area (TPSA) is 143 Å². The third-order valence-corrected chi connectivity index (χ3v) is 12.2. The van der Waals surface area contributed by atoms with Crippen LogP contribution in [-0.2, 0) is 21.4 Å². The minimum atomic E-state index is -1.76. The Morgan fingerprint density at radius 3 is 2.47 bits per heavy atom. The number of phenolic OH excluding ortho intramolecular Hbond substituents is 1. The van der Waals surface area contributed by atoms with E-state index in [-0.39, 0.29) is 54.1 Å². The molecular formula is C43H52N2O6. The van der Waals surface area contributed by atoms with Crippen LogP contribution in [0.2, 0.25) is 0 Å². The summed E-state index contributed by atoms with van der Waals surface area (Å²) in [4.78, 5) is 32.4. The number of carbonyl (C=O) groups excluding carboxylic acids is 2. The first-order chi connectivity index (χ1) is 24.7. The summed E-state index contributed by atoms with van der Waals surface area (Å²) in [6.45, 7) is 2.13. The number of nitrogens with zero attached hydrogens (tertiary/aromatic N) is 1. The summed E-state index contributed by atoms with van der Waals surface area (Å²) < 4.78 is 5.44. The molecule has 3 aliphatic carbocycles. The maximum atomic E-state index is 14.5. The molecule has 6 rings (SSSR count). The first-order valence-corrected chi connectivity index (χ1v) is 18.7. The van der Waals surface area contributed by atoms with Crippen molar-refractivity contribution in [1.82, 2.24) is 4.98 Å². The van der Waals surface area contributed by atoms with E-state index in [1.165, 1.54) is 7.11 Å². The first kappa shape index (κ1) is 36.6. The summed E-state index contributed by atoms with van der Waals surface area (Å²) in [5, 5.41) is 33.1. The number of ether oxygens (including phenoxy) is 1. The van der Waals surface area contributed by atoms with Gasteiger partial charge in [-0.05, 0) is 115 Å². The second-order valence-electron chi connectivity index (χ2n) is 15.1. The number of aromatic nitrogens is 1. The predicted octanol–water partition coefficient (Wildman–Crippen LogP) is 6.53. The molecule has 2 aromatic carbocycles. The molecule has 270 valence electrons. The Hall–Kier alpha value is -4.19. The molecule has 0 radical (unpaired) electrons. The Labute approximate surface area is 301 Å². The lowest BCUT2D eigenvalue weighted by Gasteiger charge is -2.41. The van der Waals surface area contributed by atoms with Gasteiger partial charge in [0.15, 0.2) is 29.2 Å². The second kappa shape index (κ2) is 16.0. The summed E-state index contributed by atoms with van der Waals surface area (Å²) in [6, 6.07) is 17.4. The van der Waals surface area contributed by atoms with Crippen molar-refractivity contribution in [3.05, 3.63) is 83.0 Å². The molecule has 1 heterocycles. The van der Waals surface area contributed by atoms with Gasteiger partial charge < -0.3 is 25.8 Å². The standard InChI is InChI=1S/C43H52N2O6/c1-3-9-30(26-46)31-21-33(43(17-7-8-18-43)32-16-19-45-40(44)24-32)20-28-12-14-34(27-10-5-4-6-11-27)35-25-38(48)39(51-2)23-29(35)13-15-37(47)42(50)41(49)36(28)22-31/h4-6,10-11,16,19,23-25,28,30-31,33-34,36,42,46,48,50H,3,7-9,13,15,17-18,20-22,26H2,1-2H3,(H2,44,45)/t28-,30-,31-,33+,34-,36+,42+/m1/s1. The summed E-state index contributed by atoms with van der Waals surface area (Å²) in [6.07, 6.45) is 7.91. The van der Waals surface area contributed by atoms with Gasteiger partial charge in [-0.2, -0.15) is 0 Å². The molecule has 2 fully saturated rings. The zero-order valence-electron chi connectivity index (χ0n) is 29.9. The van der Waals surface area contributed by atoms with Crippen molar-refractivity contribution in [2.45, 2.75) is 95.0 Å². The molecule has 0 bridgehead atoms. The van der Waals surface area contributed by atoms with E-state index in [1.54, 1.807) is 18.3 Å². The fraction of sp³-hybridized carbons (Fsp3) is 0.512. The number of hydrogen-bond donors (Lipinski definition) is 4. The van der Waals surface area contributed by atoms with Gasteiger partial charge in [-0.1, -0.05) is 68.4 Å². The van der Waals surface area contributed by atoms with Crippen LogP contribution in [0.5, 0.6) is 11.5 Å². The number of methoxy groups -OCH3 is 1. The summed E-state index contributed by atoms with van der Waals surface area (Å²) in [7, 11) is 1.48. The van der Waals surface area contributed by atoms with Gasteiger partial charge in [-0.3, -0.25) is 9.59 Å². The number of phenols is 1. The lowest BCUT2D eigenvalue weighted by molar-refractivity contribution is -0.142. The Morgan fingerprint density at radius 1 is 1.02 bits per heavy atom. The zero-order chi connectivity index (χ0) is 36.1. The number of carbonyl (C=O) groups is 2. The monoisotopic (exact) mass is 692 g/mol. The van der Waals surface area contributed by atoms with Gasteiger partial charge in [-0.15, -0.1) is 0 Å². The molecule has 51 heavy (non-hydrogen) atoms. The maximum Gasteiger partial charge on any atom is 0.173 e. The highest BCUT2D eigenvalue weighted by Gasteiger charge is 2.49. The van der Waals surface area contributed by atoms with E-state index in [4.69, 9.17) is 10.5 Å². The molecule has 0 aliphatic heterocycles. The lowest BCUT2D eigenvalue weighted by atomic mass is 9.63. The Balaban J connectivity index is 1.55. The number of nitrogen functional groups attached to an aromatic ring is 1. The van der Waals surface area contributed by atoms with Gasteiger partial charge in [0.2, 0.25) is 0 Å². The molecule has 0 spiro atoms. The number of hydrogen-bond acceptors (Lipinski definition) is 8. The third kappa shape index (κ3) is 7.56. The van der Waals surface area contributed by atoms with Gasteiger partial charge in [0.25, 0.3) is 0 Å². The van der Waals surface area contributed by atoms with Crippen molar-refractivity contribution in [1.29, 1.82) is 0 Å². The van der Waals surface area contributed by atoms with Crippen molar-refractivity contribution in [3.8, 4) is 23.3 Å². The molecule has 3 aliphatic rings. The van der Waals surface area contributed by atoms with E-state index in [1.807, 2.05) is 36.4 Å².